The molecule has 3 heterocycles. The zero-order chi connectivity index (χ0) is 18.4. The summed E-state index contributed by atoms with van der Waals surface area (Å²) >= 11 is 0. The van der Waals surface area contributed by atoms with Crippen LogP contribution in [0.2, 0.25) is 0 Å². The van der Waals surface area contributed by atoms with Gasteiger partial charge in [-0.05, 0) is 24.7 Å². The molecule has 0 radical (unpaired) electrons. The standard InChI is InChI=1S/C19H23N5O2/c1-2-23-7-9-24(10-8-23)19(26)16-11-15(12-20-13-16)18(25)22-14-17-5-3-4-6-21-17/h3-6,11-13H,2,7-10,14H2,1H3,(H,22,25). The summed E-state index contributed by atoms with van der Waals surface area (Å²) in [6.45, 7) is 6.59. The Balaban J connectivity index is 1.62. The molecule has 0 bridgehead atoms. The van der Waals surface area contributed by atoms with E-state index in [1.165, 1.54) is 12.4 Å². The fourth-order valence-electron chi connectivity index (χ4n) is 2.91. The van der Waals surface area contributed by atoms with E-state index in [4.69, 9.17) is 0 Å². The number of pyridine rings is 2. The van der Waals surface area contributed by atoms with E-state index in [9.17, 15) is 9.59 Å². The number of piperazine rings is 1. The van der Waals surface area contributed by atoms with E-state index in [1.54, 1.807) is 12.3 Å². The summed E-state index contributed by atoms with van der Waals surface area (Å²) < 4.78 is 0. The van der Waals surface area contributed by atoms with E-state index in [1.807, 2.05) is 23.1 Å². The van der Waals surface area contributed by atoms with Crippen molar-refractivity contribution < 1.29 is 9.59 Å². The van der Waals surface area contributed by atoms with E-state index in [-0.39, 0.29) is 11.8 Å². The molecule has 7 heteroatoms. The van der Waals surface area contributed by atoms with Crippen molar-refractivity contribution in [3.8, 4) is 0 Å². The lowest BCUT2D eigenvalue weighted by Crippen LogP contribution is -2.48. The lowest BCUT2D eigenvalue weighted by molar-refractivity contribution is 0.0643. The lowest BCUT2D eigenvalue weighted by atomic mass is 10.1. The molecule has 0 atom stereocenters. The molecule has 7 nitrogen and oxygen atoms in total. The molecular weight excluding hydrogens is 330 g/mol. The molecule has 1 fully saturated rings. The molecule has 136 valence electrons. The first-order valence-electron chi connectivity index (χ1n) is 8.82. The molecular formula is C19H23N5O2. The van der Waals surface area contributed by atoms with E-state index in [0.717, 1.165) is 25.3 Å². The van der Waals surface area contributed by atoms with Gasteiger partial charge in [-0.2, -0.15) is 0 Å². The third kappa shape index (κ3) is 4.43. The smallest absolute Gasteiger partial charge is 0.255 e. The maximum Gasteiger partial charge on any atom is 0.255 e. The number of hydrogen-bond acceptors (Lipinski definition) is 5. The number of carbonyl (C=O) groups is 2. The largest absolute Gasteiger partial charge is 0.346 e. The zero-order valence-electron chi connectivity index (χ0n) is 14.9. The number of nitrogens with one attached hydrogen (secondary N) is 1. The minimum atomic E-state index is -0.270. The average molecular weight is 353 g/mol. The van der Waals surface area contributed by atoms with Crippen molar-refractivity contribution in [2.75, 3.05) is 32.7 Å². The van der Waals surface area contributed by atoms with Crippen LogP contribution in [0.25, 0.3) is 0 Å². The van der Waals surface area contributed by atoms with Gasteiger partial charge in [-0.1, -0.05) is 13.0 Å². The van der Waals surface area contributed by atoms with Crippen molar-refractivity contribution in [1.82, 2.24) is 25.1 Å². The van der Waals surface area contributed by atoms with E-state index >= 15 is 0 Å². The molecule has 0 spiro atoms. The molecule has 0 unspecified atom stereocenters. The Hall–Kier alpha value is -2.80. The summed E-state index contributed by atoms with van der Waals surface area (Å²) in [6, 6.07) is 7.14. The second-order valence-corrected chi connectivity index (χ2v) is 6.19. The molecule has 1 saturated heterocycles. The van der Waals surface area contributed by atoms with Gasteiger partial charge in [0.2, 0.25) is 0 Å². The van der Waals surface area contributed by atoms with Gasteiger partial charge in [0.1, 0.15) is 0 Å². The second kappa shape index (κ2) is 8.53. The molecule has 26 heavy (non-hydrogen) atoms. The van der Waals surface area contributed by atoms with Crippen molar-refractivity contribution in [2.45, 2.75) is 13.5 Å². The van der Waals surface area contributed by atoms with Crippen molar-refractivity contribution in [2.24, 2.45) is 0 Å². The van der Waals surface area contributed by atoms with Gasteiger partial charge in [0, 0.05) is 44.8 Å². The topological polar surface area (TPSA) is 78.4 Å². The normalized spacial score (nSPS) is 14.9. The molecule has 0 aromatic carbocycles. The number of nitrogens with zero attached hydrogens (tertiary/aromatic N) is 4. The van der Waals surface area contributed by atoms with Crippen LogP contribution in [0.3, 0.4) is 0 Å². The molecule has 1 aliphatic rings. The van der Waals surface area contributed by atoms with Crippen molar-refractivity contribution in [1.29, 1.82) is 0 Å². The van der Waals surface area contributed by atoms with Gasteiger partial charge in [-0.15, -0.1) is 0 Å². The van der Waals surface area contributed by atoms with Crippen LogP contribution in [0.1, 0.15) is 33.3 Å². The van der Waals surface area contributed by atoms with Gasteiger partial charge in [0.05, 0.1) is 23.4 Å². The number of likely N-dealkylation sites (N-methyl/N-ethyl adjacent to an activating group) is 1. The Bertz CT molecular complexity index is 758. The van der Waals surface area contributed by atoms with Crippen LogP contribution >= 0.6 is 0 Å². The van der Waals surface area contributed by atoms with E-state index in [2.05, 4.69) is 27.1 Å². The summed E-state index contributed by atoms with van der Waals surface area (Å²) in [5.74, 6) is -0.346. The third-order valence-corrected chi connectivity index (χ3v) is 4.51. The number of amides is 2. The maximum atomic E-state index is 12.7. The van der Waals surface area contributed by atoms with Gasteiger partial charge >= 0.3 is 0 Å². The van der Waals surface area contributed by atoms with Crippen molar-refractivity contribution >= 4 is 11.8 Å². The fraction of sp³-hybridized carbons (Fsp3) is 0.368. The van der Waals surface area contributed by atoms with Crippen molar-refractivity contribution in [3.05, 3.63) is 59.7 Å². The molecule has 0 aliphatic carbocycles. The minimum absolute atomic E-state index is 0.0763. The van der Waals surface area contributed by atoms with E-state index < -0.39 is 0 Å². The Morgan fingerprint density at radius 3 is 2.58 bits per heavy atom. The first kappa shape index (κ1) is 18.0. The number of carbonyl (C=O) groups excluding carboxylic acids is 2. The average Bonchev–Trinajstić information content (AvgIpc) is 2.72. The van der Waals surface area contributed by atoms with Crippen LogP contribution in [0.5, 0.6) is 0 Å². The predicted molar refractivity (Wildman–Crippen MR) is 97.7 cm³/mol. The first-order valence-corrected chi connectivity index (χ1v) is 8.82. The minimum Gasteiger partial charge on any atom is -0.346 e. The van der Waals surface area contributed by atoms with Gasteiger partial charge < -0.3 is 15.1 Å². The quantitative estimate of drug-likeness (QED) is 0.873. The van der Waals surface area contributed by atoms with E-state index in [0.29, 0.717) is 30.8 Å². The van der Waals surface area contributed by atoms with Crippen LogP contribution in [0.15, 0.2) is 42.9 Å². The predicted octanol–water partition coefficient (Wildman–Crippen LogP) is 1.18. The summed E-state index contributed by atoms with van der Waals surface area (Å²) in [6.07, 6.45) is 4.67. The highest BCUT2D eigenvalue weighted by Crippen LogP contribution is 2.10. The summed E-state index contributed by atoms with van der Waals surface area (Å²) in [5, 5.41) is 2.80. The number of aromatic nitrogens is 2. The SMILES string of the molecule is CCN1CCN(C(=O)c2cncc(C(=O)NCc3ccccn3)c2)CC1. The summed E-state index contributed by atoms with van der Waals surface area (Å²) in [4.78, 5) is 37.4. The zero-order valence-corrected chi connectivity index (χ0v) is 14.9. The molecule has 3 rings (SSSR count). The number of rotatable bonds is 5. The molecule has 1 aliphatic heterocycles. The lowest BCUT2D eigenvalue weighted by Gasteiger charge is -2.34. The number of hydrogen-bond donors (Lipinski definition) is 1. The van der Waals surface area contributed by atoms with Gasteiger partial charge in [0.15, 0.2) is 0 Å². The molecule has 2 aromatic heterocycles. The first-order chi connectivity index (χ1) is 12.7. The molecule has 2 amide bonds. The van der Waals surface area contributed by atoms with Gasteiger partial charge in [0.25, 0.3) is 11.8 Å². The van der Waals surface area contributed by atoms with Crippen LogP contribution in [-0.2, 0) is 6.54 Å². The van der Waals surface area contributed by atoms with Crippen LogP contribution in [0, 0.1) is 0 Å². The Labute approximate surface area is 153 Å². The maximum absolute atomic E-state index is 12.7. The van der Waals surface area contributed by atoms with Gasteiger partial charge in [-0.25, -0.2) is 0 Å². The Morgan fingerprint density at radius 2 is 1.88 bits per heavy atom. The molecule has 1 N–H and O–H groups in total. The molecule has 2 aromatic rings. The highest BCUT2D eigenvalue weighted by molar-refractivity contribution is 5.99. The van der Waals surface area contributed by atoms with Crippen LogP contribution in [-0.4, -0.2) is 64.3 Å². The third-order valence-electron chi connectivity index (χ3n) is 4.51. The summed E-state index contributed by atoms with van der Waals surface area (Å²) in [5.41, 5.74) is 1.59. The Kier molecular flexibility index (Phi) is 5.91. The monoisotopic (exact) mass is 353 g/mol. The van der Waals surface area contributed by atoms with Gasteiger partial charge in [-0.3, -0.25) is 19.6 Å². The highest BCUT2D eigenvalue weighted by Gasteiger charge is 2.22. The summed E-state index contributed by atoms with van der Waals surface area (Å²) in [7, 11) is 0. The molecule has 0 saturated carbocycles. The fourth-order valence-corrected chi connectivity index (χ4v) is 2.91. The van der Waals surface area contributed by atoms with Crippen molar-refractivity contribution in [3.63, 3.8) is 0 Å². The van der Waals surface area contributed by atoms with Crippen LogP contribution in [0.4, 0.5) is 0 Å². The van der Waals surface area contributed by atoms with Crippen LogP contribution < -0.4 is 5.32 Å². The highest BCUT2D eigenvalue weighted by atomic mass is 16.2. The second-order valence-electron chi connectivity index (χ2n) is 6.19. The Morgan fingerprint density at radius 1 is 1.12 bits per heavy atom.